The average Bonchev–Trinajstić information content (AvgIpc) is 2.69. The van der Waals surface area contributed by atoms with Crippen LogP contribution >= 0.6 is 0 Å². The van der Waals surface area contributed by atoms with Crippen LogP contribution in [-0.4, -0.2) is 25.6 Å². The normalized spacial score (nSPS) is 10.4. The first-order chi connectivity index (χ1) is 9.81. The van der Waals surface area contributed by atoms with Crippen LogP contribution in [-0.2, 0) is 7.05 Å². The number of nitrogens with one attached hydrogen (secondary N) is 1. The van der Waals surface area contributed by atoms with E-state index in [-0.39, 0.29) is 17.2 Å². The first-order valence-electron chi connectivity index (χ1n) is 6.10. The maximum Gasteiger partial charge on any atom is 0.407 e. The van der Waals surface area contributed by atoms with Crippen LogP contribution < -0.4 is 5.32 Å². The van der Waals surface area contributed by atoms with Gasteiger partial charge in [0.1, 0.15) is 0 Å². The number of nitrogens with zero attached hydrogens (tertiary/aromatic N) is 3. The first kappa shape index (κ1) is 14.5. The van der Waals surface area contributed by atoms with Gasteiger partial charge in [0, 0.05) is 19.7 Å². The lowest BCUT2D eigenvalue weighted by molar-refractivity contribution is -0.388. The summed E-state index contributed by atoms with van der Waals surface area (Å²) in [5.74, 6) is -0.660. The van der Waals surface area contributed by atoms with E-state index in [2.05, 4.69) is 10.3 Å². The summed E-state index contributed by atoms with van der Waals surface area (Å²) in [7, 11) is 1.64. The summed E-state index contributed by atoms with van der Waals surface area (Å²) in [6.07, 6.45) is 0. The fourth-order valence-corrected chi connectivity index (χ4v) is 1.93. The summed E-state index contributed by atoms with van der Waals surface area (Å²) in [6.45, 7) is 3.33. The van der Waals surface area contributed by atoms with Crippen molar-refractivity contribution in [3.63, 3.8) is 0 Å². The predicted octanol–water partition coefficient (Wildman–Crippen LogP) is 2.39. The van der Waals surface area contributed by atoms with E-state index in [1.807, 2.05) is 0 Å². The summed E-state index contributed by atoms with van der Waals surface area (Å²) in [5, 5.41) is 23.0. The van der Waals surface area contributed by atoms with E-state index in [0.717, 1.165) is 0 Å². The molecule has 0 radical (unpaired) electrons. The number of hydrogen-bond donors (Lipinski definition) is 2. The minimum absolute atomic E-state index is 0.140. The van der Waals surface area contributed by atoms with Gasteiger partial charge in [-0.1, -0.05) is 6.07 Å². The molecule has 0 saturated heterocycles. The number of nitro groups is 1. The second kappa shape index (κ2) is 5.23. The van der Waals surface area contributed by atoms with E-state index in [1.54, 1.807) is 37.6 Å². The molecule has 0 aliphatic carbocycles. The zero-order valence-electron chi connectivity index (χ0n) is 11.7. The van der Waals surface area contributed by atoms with Crippen LogP contribution in [0.5, 0.6) is 0 Å². The minimum atomic E-state index is -1.05. The molecule has 0 unspecified atom stereocenters. The Morgan fingerprint density at radius 3 is 2.67 bits per heavy atom. The second-order valence-corrected chi connectivity index (χ2v) is 4.61. The first-order valence-corrected chi connectivity index (χ1v) is 6.10. The summed E-state index contributed by atoms with van der Waals surface area (Å²) in [6, 6.07) is 4.73. The van der Waals surface area contributed by atoms with Gasteiger partial charge in [-0.3, -0.25) is 4.57 Å². The molecule has 8 heteroatoms. The van der Waals surface area contributed by atoms with Crippen LogP contribution in [0.15, 0.2) is 18.2 Å². The molecule has 0 atom stereocenters. The van der Waals surface area contributed by atoms with Gasteiger partial charge in [-0.2, -0.15) is 0 Å². The Labute approximate surface area is 120 Å². The van der Waals surface area contributed by atoms with Gasteiger partial charge in [0.2, 0.25) is 11.6 Å². The number of carbonyl (C=O) groups is 1. The van der Waals surface area contributed by atoms with Gasteiger partial charge in [-0.25, -0.2) is 4.79 Å². The molecule has 110 valence electrons. The molecular formula is C13H14N4O4. The molecule has 1 aromatic carbocycles. The molecule has 0 aliphatic rings. The van der Waals surface area contributed by atoms with Crippen molar-refractivity contribution in [1.29, 1.82) is 0 Å². The highest BCUT2D eigenvalue weighted by molar-refractivity contribution is 5.90. The SMILES string of the molecule is Cc1ccc(Nc2c([N+](=O)[O-])nc(C)n2C)cc1C(=O)O. The van der Waals surface area contributed by atoms with Gasteiger partial charge in [0.25, 0.3) is 0 Å². The topological polar surface area (TPSA) is 110 Å². The smallest absolute Gasteiger partial charge is 0.407 e. The van der Waals surface area contributed by atoms with Crippen LogP contribution in [0.2, 0.25) is 0 Å². The third-order valence-corrected chi connectivity index (χ3v) is 3.20. The quantitative estimate of drug-likeness (QED) is 0.660. The molecule has 0 bridgehead atoms. The molecule has 2 N–H and O–H groups in total. The minimum Gasteiger partial charge on any atom is -0.478 e. The lowest BCUT2D eigenvalue weighted by Crippen LogP contribution is -2.04. The van der Waals surface area contributed by atoms with Gasteiger partial charge in [-0.05, 0) is 34.5 Å². The third-order valence-electron chi connectivity index (χ3n) is 3.20. The zero-order chi connectivity index (χ0) is 15.7. The molecule has 0 amide bonds. The van der Waals surface area contributed by atoms with Crippen molar-refractivity contribution in [3.8, 4) is 0 Å². The Hall–Kier alpha value is -2.90. The average molecular weight is 290 g/mol. The van der Waals surface area contributed by atoms with Crippen LogP contribution in [0, 0.1) is 24.0 Å². The molecule has 21 heavy (non-hydrogen) atoms. The van der Waals surface area contributed by atoms with Gasteiger partial charge < -0.3 is 20.5 Å². The van der Waals surface area contributed by atoms with Gasteiger partial charge >= 0.3 is 11.8 Å². The number of aromatic nitrogens is 2. The van der Waals surface area contributed by atoms with Crippen molar-refractivity contribution >= 4 is 23.3 Å². The summed E-state index contributed by atoms with van der Waals surface area (Å²) in [4.78, 5) is 25.4. The Bertz CT molecular complexity index is 736. The van der Waals surface area contributed by atoms with Gasteiger partial charge in [0.15, 0.2) is 0 Å². The Morgan fingerprint density at radius 1 is 1.43 bits per heavy atom. The van der Waals surface area contributed by atoms with E-state index >= 15 is 0 Å². The Kier molecular flexibility index (Phi) is 3.62. The predicted molar refractivity (Wildman–Crippen MR) is 76.0 cm³/mol. The zero-order valence-corrected chi connectivity index (χ0v) is 11.7. The van der Waals surface area contributed by atoms with Crippen molar-refractivity contribution in [2.45, 2.75) is 13.8 Å². The van der Waals surface area contributed by atoms with E-state index in [4.69, 9.17) is 5.11 Å². The molecule has 8 nitrogen and oxygen atoms in total. The van der Waals surface area contributed by atoms with Crippen LogP contribution in [0.1, 0.15) is 21.7 Å². The fraction of sp³-hybridized carbons (Fsp3) is 0.231. The van der Waals surface area contributed by atoms with Crippen molar-refractivity contribution in [2.24, 2.45) is 7.05 Å². The number of carboxylic acids is 1. The second-order valence-electron chi connectivity index (χ2n) is 4.61. The van der Waals surface area contributed by atoms with Crippen molar-refractivity contribution in [1.82, 2.24) is 9.55 Å². The Morgan fingerprint density at radius 2 is 2.10 bits per heavy atom. The molecule has 1 aromatic heterocycles. The monoisotopic (exact) mass is 290 g/mol. The standard InChI is InChI=1S/C13H14N4O4/c1-7-4-5-9(6-10(7)13(18)19)15-11-12(17(20)21)14-8(2)16(11)3/h4-6,15H,1-3H3,(H,18,19). The van der Waals surface area contributed by atoms with Gasteiger partial charge in [-0.15, -0.1) is 0 Å². The van der Waals surface area contributed by atoms with Gasteiger partial charge in [0.05, 0.1) is 5.56 Å². The highest BCUT2D eigenvalue weighted by Gasteiger charge is 2.23. The number of hydrogen-bond acceptors (Lipinski definition) is 5. The maximum absolute atomic E-state index is 11.1. The van der Waals surface area contributed by atoms with Crippen LogP contribution in [0.4, 0.5) is 17.3 Å². The largest absolute Gasteiger partial charge is 0.478 e. The van der Waals surface area contributed by atoms with Crippen molar-refractivity contribution in [3.05, 3.63) is 45.3 Å². The maximum atomic E-state index is 11.1. The number of aryl methyl sites for hydroxylation is 2. The number of imidazole rings is 1. The summed E-state index contributed by atoms with van der Waals surface area (Å²) < 4.78 is 1.54. The van der Waals surface area contributed by atoms with Crippen molar-refractivity contribution < 1.29 is 14.8 Å². The molecule has 2 rings (SSSR count). The number of benzene rings is 1. The lowest BCUT2D eigenvalue weighted by Gasteiger charge is -2.09. The molecule has 0 saturated carbocycles. The molecule has 1 heterocycles. The highest BCUT2D eigenvalue weighted by atomic mass is 16.6. The number of anilines is 2. The molecule has 0 fully saturated rings. The van der Waals surface area contributed by atoms with Crippen LogP contribution in [0.3, 0.4) is 0 Å². The van der Waals surface area contributed by atoms with E-state index in [0.29, 0.717) is 17.1 Å². The lowest BCUT2D eigenvalue weighted by atomic mass is 10.1. The van der Waals surface area contributed by atoms with Crippen LogP contribution in [0.25, 0.3) is 0 Å². The summed E-state index contributed by atoms with van der Waals surface area (Å²) >= 11 is 0. The van der Waals surface area contributed by atoms with E-state index < -0.39 is 10.9 Å². The fourth-order valence-electron chi connectivity index (χ4n) is 1.93. The van der Waals surface area contributed by atoms with E-state index in [1.165, 1.54) is 6.07 Å². The molecular weight excluding hydrogens is 276 g/mol. The summed E-state index contributed by atoms with van der Waals surface area (Å²) in [5.41, 5.74) is 1.20. The molecule has 0 spiro atoms. The van der Waals surface area contributed by atoms with E-state index in [9.17, 15) is 14.9 Å². The molecule has 0 aliphatic heterocycles. The third kappa shape index (κ3) is 2.69. The number of aromatic carboxylic acids is 1. The Balaban J connectivity index is 2.46. The van der Waals surface area contributed by atoms with Crippen molar-refractivity contribution in [2.75, 3.05) is 5.32 Å². The number of carboxylic acid groups (broad SMARTS) is 1. The molecule has 2 aromatic rings. The number of rotatable bonds is 4. The highest BCUT2D eigenvalue weighted by Crippen LogP contribution is 2.28.